The van der Waals surface area contributed by atoms with Gasteiger partial charge in [0.2, 0.25) is 0 Å². The van der Waals surface area contributed by atoms with E-state index in [0.717, 1.165) is 49.8 Å². The maximum absolute atomic E-state index is 13.1. The highest BCUT2D eigenvalue weighted by Gasteiger charge is 2.40. The van der Waals surface area contributed by atoms with E-state index < -0.39 is 10.2 Å². The van der Waals surface area contributed by atoms with Gasteiger partial charge in [0.05, 0.1) is 7.11 Å². The van der Waals surface area contributed by atoms with E-state index in [2.05, 4.69) is 0 Å². The minimum atomic E-state index is -3.40. The van der Waals surface area contributed by atoms with Crippen molar-refractivity contribution in [1.29, 1.82) is 0 Å². The van der Waals surface area contributed by atoms with E-state index in [9.17, 15) is 8.42 Å². The zero-order valence-electron chi connectivity index (χ0n) is 13.8. The van der Waals surface area contributed by atoms with Crippen LogP contribution in [-0.4, -0.2) is 43.3 Å². The molecule has 1 saturated carbocycles. The molecule has 1 saturated heterocycles. The van der Waals surface area contributed by atoms with E-state index in [4.69, 9.17) is 4.74 Å². The number of benzene rings is 1. The number of hydrogen-bond donors (Lipinski definition) is 0. The van der Waals surface area contributed by atoms with Crippen molar-refractivity contribution in [2.45, 2.75) is 51.1 Å². The molecule has 0 spiro atoms. The third kappa shape index (κ3) is 3.87. The molecular formula is C17H26N2O3S. The van der Waals surface area contributed by atoms with Gasteiger partial charge in [0, 0.05) is 31.2 Å². The number of ether oxygens (including phenoxy) is 1. The second-order valence-electron chi connectivity index (χ2n) is 6.41. The summed E-state index contributed by atoms with van der Waals surface area (Å²) in [7, 11) is -1.77. The molecule has 0 bridgehead atoms. The zero-order valence-corrected chi connectivity index (χ0v) is 14.6. The fraction of sp³-hybridized carbons (Fsp3) is 0.647. The third-order valence-electron chi connectivity index (χ3n) is 4.66. The third-order valence-corrected chi connectivity index (χ3v) is 6.70. The van der Waals surface area contributed by atoms with Crippen LogP contribution in [0.25, 0.3) is 0 Å². The first-order valence-corrected chi connectivity index (χ1v) is 9.91. The summed E-state index contributed by atoms with van der Waals surface area (Å²) >= 11 is 0. The highest BCUT2D eigenvalue weighted by Crippen LogP contribution is 2.34. The minimum Gasteiger partial charge on any atom is -0.496 e. The summed E-state index contributed by atoms with van der Waals surface area (Å²) in [6.45, 7) is 1.70. The zero-order chi connectivity index (χ0) is 16.3. The molecule has 128 valence electrons. The van der Waals surface area contributed by atoms with Gasteiger partial charge in [-0.25, -0.2) is 0 Å². The summed E-state index contributed by atoms with van der Waals surface area (Å²) in [6, 6.07) is 7.83. The van der Waals surface area contributed by atoms with Gasteiger partial charge < -0.3 is 4.74 Å². The highest BCUT2D eigenvalue weighted by atomic mass is 32.2. The van der Waals surface area contributed by atoms with Gasteiger partial charge in [0.25, 0.3) is 10.2 Å². The Morgan fingerprint density at radius 3 is 2.39 bits per heavy atom. The molecule has 0 unspecified atom stereocenters. The largest absolute Gasteiger partial charge is 0.496 e. The quantitative estimate of drug-likeness (QED) is 0.801. The number of rotatable bonds is 6. The number of methoxy groups -OCH3 is 1. The molecule has 0 radical (unpaired) electrons. The molecule has 5 nitrogen and oxygen atoms in total. The molecule has 3 rings (SSSR count). The van der Waals surface area contributed by atoms with Gasteiger partial charge in [-0.15, -0.1) is 0 Å². The first kappa shape index (κ1) is 16.7. The van der Waals surface area contributed by atoms with Gasteiger partial charge in [-0.3, -0.25) is 0 Å². The fourth-order valence-electron chi connectivity index (χ4n) is 3.18. The van der Waals surface area contributed by atoms with Crippen LogP contribution in [0.3, 0.4) is 0 Å². The van der Waals surface area contributed by atoms with Crippen molar-refractivity contribution < 1.29 is 13.2 Å². The van der Waals surface area contributed by atoms with Crippen LogP contribution in [-0.2, 0) is 16.8 Å². The van der Waals surface area contributed by atoms with Crippen molar-refractivity contribution >= 4 is 10.2 Å². The smallest absolute Gasteiger partial charge is 0.282 e. The summed E-state index contributed by atoms with van der Waals surface area (Å²) in [4.78, 5) is 0. The van der Waals surface area contributed by atoms with E-state index in [1.807, 2.05) is 24.3 Å². The molecule has 0 N–H and O–H groups in total. The summed E-state index contributed by atoms with van der Waals surface area (Å²) in [5.74, 6) is 0.754. The monoisotopic (exact) mass is 338 g/mol. The highest BCUT2D eigenvalue weighted by molar-refractivity contribution is 7.86. The molecule has 0 amide bonds. The Kier molecular flexibility index (Phi) is 5.24. The topological polar surface area (TPSA) is 49.9 Å². The van der Waals surface area contributed by atoms with Gasteiger partial charge in [0.1, 0.15) is 5.75 Å². The normalized spacial score (nSPS) is 20.4. The lowest BCUT2D eigenvalue weighted by atomic mass is 10.2. The van der Waals surface area contributed by atoms with Crippen LogP contribution >= 0.6 is 0 Å². The SMILES string of the molecule is COc1ccccc1CN(C1CC1)S(=O)(=O)N1CCCCCC1. The molecule has 0 aromatic heterocycles. The molecule has 23 heavy (non-hydrogen) atoms. The van der Waals surface area contributed by atoms with E-state index in [1.165, 1.54) is 0 Å². The fourth-order valence-corrected chi connectivity index (χ4v) is 5.09. The van der Waals surface area contributed by atoms with Crippen molar-refractivity contribution in [1.82, 2.24) is 8.61 Å². The molecule has 1 aliphatic carbocycles. The average molecular weight is 338 g/mol. The second-order valence-corrected chi connectivity index (χ2v) is 8.29. The van der Waals surface area contributed by atoms with Gasteiger partial charge in [-0.05, 0) is 31.7 Å². The van der Waals surface area contributed by atoms with Crippen LogP contribution in [0.4, 0.5) is 0 Å². The second kappa shape index (κ2) is 7.20. The molecule has 1 heterocycles. The van der Waals surface area contributed by atoms with Crippen molar-refractivity contribution in [3.8, 4) is 5.75 Å². The minimum absolute atomic E-state index is 0.146. The van der Waals surface area contributed by atoms with E-state index in [1.54, 1.807) is 15.7 Å². The molecule has 1 aliphatic heterocycles. The molecule has 2 aliphatic rings. The summed E-state index contributed by atoms with van der Waals surface area (Å²) in [5, 5.41) is 0. The van der Waals surface area contributed by atoms with Crippen molar-refractivity contribution in [3.63, 3.8) is 0 Å². The van der Waals surface area contributed by atoms with Gasteiger partial charge in [0.15, 0.2) is 0 Å². The lowest BCUT2D eigenvalue weighted by molar-refractivity contribution is 0.325. The Labute approximate surface area is 139 Å². The van der Waals surface area contributed by atoms with Crippen LogP contribution < -0.4 is 4.74 Å². The van der Waals surface area contributed by atoms with Crippen molar-refractivity contribution in [2.24, 2.45) is 0 Å². The lowest BCUT2D eigenvalue weighted by Gasteiger charge is -2.29. The summed E-state index contributed by atoms with van der Waals surface area (Å²) in [6.07, 6.45) is 6.10. The Balaban J connectivity index is 1.83. The molecule has 0 atom stereocenters. The maximum Gasteiger partial charge on any atom is 0.282 e. The van der Waals surface area contributed by atoms with E-state index in [-0.39, 0.29) is 6.04 Å². The van der Waals surface area contributed by atoms with Crippen molar-refractivity contribution in [2.75, 3.05) is 20.2 Å². The van der Waals surface area contributed by atoms with Gasteiger partial charge in [-0.1, -0.05) is 31.0 Å². The molecule has 1 aromatic rings. The van der Waals surface area contributed by atoms with Crippen molar-refractivity contribution in [3.05, 3.63) is 29.8 Å². The molecule has 6 heteroatoms. The molecule has 1 aromatic carbocycles. The Bertz CT molecular complexity index is 620. The summed E-state index contributed by atoms with van der Waals surface area (Å²) < 4.78 is 35.0. The first-order valence-electron chi connectivity index (χ1n) is 8.52. The summed E-state index contributed by atoms with van der Waals surface area (Å²) in [5.41, 5.74) is 0.931. The van der Waals surface area contributed by atoms with Gasteiger partial charge >= 0.3 is 0 Å². The maximum atomic E-state index is 13.1. The number of hydrogen-bond acceptors (Lipinski definition) is 3. The standard InChI is InChI=1S/C17H26N2O3S/c1-22-17-9-5-4-8-15(17)14-19(16-10-11-16)23(20,21)18-12-6-2-3-7-13-18/h4-5,8-9,16H,2-3,6-7,10-14H2,1H3. The average Bonchev–Trinajstić information content (AvgIpc) is 3.39. The van der Waals surface area contributed by atoms with Crippen LogP contribution in [0.2, 0.25) is 0 Å². The van der Waals surface area contributed by atoms with Gasteiger partial charge in [-0.2, -0.15) is 17.0 Å². The van der Waals surface area contributed by atoms with Crippen LogP contribution in [0.15, 0.2) is 24.3 Å². The Morgan fingerprint density at radius 1 is 1.13 bits per heavy atom. The van der Waals surface area contributed by atoms with Crippen LogP contribution in [0.1, 0.15) is 44.1 Å². The number of para-hydroxylation sites is 1. The first-order chi connectivity index (χ1) is 11.1. The lowest BCUT2D eigenvalue weighted by Crippen LogP contribution is -2.45. The van der Waals surface area contributed by atoms with Crippen LogP contribution in [0, 0.1) is 0 Å². The van der Waals surface area contributed by atoms with Crippen LogP contribution in [0.5, 0.6) is 5.75 Å². The predicted molar refractivity (Wildman–Crippen MR) is 90.5 cm³/mol. The van der Waals surface area contributed by atoms with E-state index in [0.29, 0.717) is 19.6 Å². The molecule has 2 fully saturated rings. The Morgan fingerprint density at radius 2 is 1.78 bits per heavy atom. The molecular weight excluding hydrogens is 312 g/mol. The van der Waals surface area contributed by atoms with E-state index >= 15 is 0 Å². The Hall–Kier alpha value is -1.11. The number of nitrogens with zero attached hydrogens (tertiary/aromatic N) is 2. The predicted octanol–water partition coefficient (Wildman–Crippen LogP) is 2.78.